The highest BCUT2D eigenvalue weighted by Crippen LogP contribution is 2.35. The van der Waals surface area contributed by atoms with Gasteiger partial charge in [0.05, 0.1) is 18.7 Å². The Balaban J connectivity index is 0.00000147. The summed E-state index contributed by atoms with van der Waals surface area (Å²) in [6, 6.07) is 6.32. The van der Waals surface area contributed by atoms with E-state index in [0.717, 1.165) is 18.4 Å². The molecule has 1 aromatic carbocycles. The summed E-state index contributed by atoms with van der Waals surface area (Å²) in [5, 5.41) is 0. The summed E-state index contributed by atoms with van der Waals surface area (Å²) in [6.45, 7) is 1.47. The summed E-state index contributed by atoms with van der Waals surface area (Å²) >= 11 is 0. The molecule has 1 aromatic rings. The first-order valence-electron chi connectivity index (χ1n) is 6.54. The molecule has 1 amide bonds. The van der Waals surface area contributed by atoms with Gasteiger partial charge in [0.15, 0.2) is 0 Å². The fourth-order valence-corrected chi connectivity index (χ4v) is 2.41. The van der Waals surface area contributed by atoms with Crippen molar-refractivity contribution >= 4 is 18.3 Å². The standard InChI is InChI=1S/C14H17FN2O2.ClH/c15-11-3-1-2-10(8-11)12-9-17(6-7-19-12)13(18)14(16)4-5-14;/h1-3,8,12H,4-7,9,16H2;1H. The summed E-state index contributed by atoms with van der Waals surface area (Å²) in [4.78, 5) is 13.9. The molecule has 1 atom stereocenters. The van der Waals surface area contributed by atoms with Crippen LogP contribution in [-0.4, -0.2) is 36.0 Å². The minimum Gasteiger partial charge on any atom is -0.370 e. The Bertz CT molecular complexity index is 508. The molecular formula is C14H18ClFN2O2. The molecule has 6 heteroatoms. The van der Waals surface area contributed by atoms with Gasteiger partial charge in [-0.3, -0.25) is 4.79 Å². The van der Waals surface area contributed by atoms with E-state index in [4.69, 9.17) is 10.5 Å². The van der Waals surface area contributed by atoms with E-state index in [-0.39, 0.29) is 30.2 Å². The van der Waals surface area contributed by atoms with Gasteiger partial charge in [0, 0.05) is 6.54 Å². The fraction of sp³-hybridized carbons (Fsp3) is 0.500. The van der Waals surface area contributed by atoms with E-state index >= 15 is 0 Å². The number of benzene rings is 1. The third-order valence-corrected chi connectivity index (χ3v) is 3.79. The van der Waals surface area contributed by atoms with Gasteiger partial charge >= 0.3 is 0 Å². The lowest BCUT2D eigenvalue weighted by Crippen LogP contribution is -2.50. The number of ether oxygens (including phenoxy) is 1. The van der Waals surface area contributed by atoms with Crippen molar-refractivity contribution in [1.29, 1.82) is 0 Å². The number of amides is 1. The molecule has 1 saturated heterocycles. The minimum absolute atomic E-state index is 0. The van der Waals surface area contributed by atoms with Gasteiger partial charge in [0.2, 0.25) is 5.91 Å². The van der Waals surface area contributed by atoms with Crippen LogP contribution in [0.4, 0.5) is 4.39 Å². The van der Waals surface area contributed by atoms with Crippen LogP contribution in [0.1, 0.15) is 24.5 Å². The number of nitrogens with zero attached hydrogens (tertiary/aromatic N) is 1. The van der Waals surface area contributed by atoms with Gasteiger partial charge in [0.1, 0.15) is 11.9 Å². The van der Waals surface area contributed by atoms with Gasteiger partial charge in [-0.05, 0) is 30.5 Å². The highest BCUT2D eigenvalue weighted by molar-refractivity contribution is 5.89. The Morgan fingerprint density at radius 3 is 2.85 bits per heavy atom. The molecule has 3 rings (SSSR count). The molecule has 1 aliphatic heterocycles. The number of hydrogen-bond acceptors (Lipinski definition) is 3. The molecular weight excluding hydrogens is 283 g/mol. The average Bonchev–Trinajstić information content (AvgIpc) is 3.17. The van der Waals surface area contributed by atoms with Crippen molar-refractivity contribution in [3.8, 4) is 0 Å². The smallest absolute Gasteiger partial charge is 0.242 e. The Labute approximate surface area is 123 Å². The van der Waals surface area contributed by atoms with Gasteiger partial charge in [0.25, 0.3) is 0 Å². The Morgan fingerprint density at radius 2 is 2.20 bits per heavy atom. The van der Waals surface area contributed by atoms with Crippen molar-refractivity contribution in [3.63, 3.8) is 0 Å². The van der Waals surface area contributed by atoms with Crippen LogP contribution in [0.15, 0.2) is 24.3 Å². The monoisotopic (exact) mass is 300 g/mol. The lowest BCUT2D eigenvalue weighted by atomic mass is 10.1. The van der Waals surface area contributed by atoms with Crippen molar-refractivity contribution in [1.82, 2.24) is 4.90 Å². The summed E-state index contributed by atoms with van der Waals surface area (Å²) in [7, 11) is 0. The minimum atomic E-state index is -0.649. The lowest BCUT2D eigenvalue weighted by Gasteiger charge is -2.34. The van der Waals surface area contributed by atoms with E-state index < -0.39 is 5.54 Å². The van der Waals surface area contributed by atoms with Crippen molar-refractivity contribution in [3.05, 3.63) is 35.6 Å². The zero-order valence-electron chi connectivity index (χ0n) is 11.0. The number of carbonyl (C=O) groups is 1. The second-order valence-corrected chi connectivity index (χ2v) is 5.32. The Hall–Kier alpha value is -1.17. The molecule has 0 radical (unpaired) electrons. The number of carbonyl (C=O) groups excluding carboxylic acids is 1. The first-order valence-corrected chi connectivity index (χ1v) is 6.54. The van der Waals surface area contributed by atoms with E-state index in [9.17, 15) is 9.18 Å². The Kier molecular flexibility index (Phi) is 4.32. The summed E-state index contributed by atoms with van der Waals surface area (Å²) in [5.41, 5.74) is 6.05. The van der Waals surface area contributed by atoms with Crippen LogP contribution in [-0.2, 0) is 9.53 Å². The number of rotatable bonds is 2. The molecule has 4 nitrogen and oxygen atoms in total. The molecule has 1 saturated carbocycles. The predicted molar refractivity (Wildman–Crippen MR) is 75.1 cm³/mol. The first kappa shape index (κ1) is 15.2. The molecule has 1 heterocycles. The molecule has 110 valence electrons. The van der Waals surface area contributed by atoms with Crippen LogP contribution in [0.2, 0.25) is 0 Å². The van der Waals surface area contributed by atoms with Crippen molar-refractivity contribution in [2.75, 3.05) is 19.7 Å². The van der Waals surface area contributed by atoms with Gasteiger partial charge in [-0.2, -0.15) is 0 Å². The molecule has 0 bridgehead atoms. The molecule has 2 aliphatic rings. The van der Waals surface area contributed by atoms with E-state index in [1.165, 1.54) is 12.1 Å². The van der Waals surface area contributed by atoms with E-state index in [1.807, 2.05) is 6.07 Å². The average molecular weight is 301 g/mol. The predicted octanol–water partition coefficient (Wildman–Crippen LogP) is 1.64. The normalized spacial score (nSPS) is 23.9. The first-order chi connectivity index (χ1) is 9.08. The zero-order chi connectivity index (χ0) is 13.5. The number of nitrogens with two attached hydrogens (primary N) is 1. The van der Waals surface area contributed by atoms with Crippen LogP contribution in [0.3, 0.4) is 0 Å². The molecule has 2 N–H and O–H groups in total. The number of halogens is 2. The molecule has 0 spiro atoms. The van der Waals surface area contributed by atoms with Crippen LogP contribution in [0, 0.1) is 5.82 Å². The van der Waals surface area contributed by atoms with Gasteiger partial charge in [-0.25, -0.2) is 4.39 Å². The fourth-order valence-electron chi connectivity index (χ4n) is 2.41. The van der Waals surface area contributed by atoms with Crippen LogP contribution < -0.4 is 5.73 Å². The van der Waals surface area contributed by atoms with Crippen molar-refractivity contribution < 1.29 is 13.9 Å². The number of morpholine rings is 1. The quantitative estimate of drug-likeness (QED) is 0.903. The second-order valence-electron chi connectivity index (χ2n) is 5.32. The van der Waals surface area contributed by atoms with Gasteiger partial charge in [-0.15, -0.1) is 12.4 Å². The molecule has 0 aromatic heterocycles. The molecule has 2 fully saturated rings. The van der Waals surface area contributed by atoms with E-state index in [1.54, 1.807) is 11.0 Å². The summed E-state index contributed by atoms with van der Waals surface area (Å²) in [5.74, 6) is -0.292. The lowest BCUT2D eigenvalue weighted by molar-refractivity contribution is -0.141. The molecule has 1 aliphatic carbocycles. The van der Waals surface area contributed by atoms with Gasteiger partial charge in [-0.1, -0.05) is 12.1 Å². The third kappa shape index (κ3) is 2.95. The Morgan fingerprint density at radius 1 is 1.45 bits per heavy atom. The van der Waals surface area contributed by atoms with Crippen LogP contribution in [0.5, 0.6) is 0 Å². The van der Waals surface area contributed by atoms with Crippen molar-refractivity contribution in [2.45, 2.75) is 24.5 Å². The van der Waals surface area contributed by atoms with Gasteiger partial charge < -0.3 is 15.4 Å². The zero-order valence-corrected chi connectivity index (χ0v) is 11.9. The summed E-state index contributed by atoms with van der Waals surface area (Å²) in [6.07, 6.45) is 1.25. The molecule has 1 unspecified atom stereocenters. The number of hydrogen-bond donors (Lipinski definition) is 1. The second kappa shape index (κ2) is 5.68. The SMILES string of the molecule is Cl.NC1(C(=O)N2CCOC(c3cccc(F)c3)C2)CC1. The largest absolute Gasteiger partial charge is 0.370 e. The topological polar surface area (TPSA) is 55.6 Å². The van der Waals surface area contributed by atoms with Crippen LogP contribution >= 0.6 is 12.4 Å². The maximum Gasteiger partial charge on any atom is 0.242 e. The van der Waals surface area contributed by atoms with Crippen LogP contribution in [0.25, 0.3) is 0 Å². The summed E-state index contributed by atoms with van der Waals surface area (Å²) < 4.78 is 18.9. The highest BCUT2D eigenvalue weighted by atomic mass is 35.5. The maximum absolute atomic E-state index is 13.2. The molecule has 20 heavy (non-hydrogen) atoms. The maximum atomic E-state index is 13.2. The van der Waals surface area contributed by atoms with Crippen molar-refractivity contribution in [2.24, 2.45) is 5.73 Å². The third-order valence-electron chi connectivity index (χ3n) is 3.79. The van der Waals surface area contributed by atoms with E-state index in [2.05, 4.69) is 0 Å². The highest BCUT2D eigenvalue weighted by Gasteiger charge is 2.48. The van der Waals surface area contributed by atoms with E-state index in [0.29, 0.717) is 19.7 Å².